The lowest BCUT2D eigenvalue weighted by Gasteiger charge is -2.20. The Morgan fingerprint density at radius 1 is 1.53 bits per heavy atom. The lowest BCUT2D eigenvalue weighted by atomic mass is 10.3. The molecule has 0 heterocycles. The van der Waals surface area contributed by atoms with Gasteiger partial charge in [0.2, 0.25) is 0 Å². The van der Waals surface area contributed by atoms with Crippen molar-refractivity contribution in [1.29, 1.82) is 5.26 Å². The van der Waals surface area contributed by atoms with Crippen molar-refractivity contribution in [1.82, 2.24) is 4.90 Å². The quantitative estimate of drug-likeness (QED) is 0.897. The number of hydrogen-bond acceptors (Lipinski definition) is 2. The summed E-state index contributed by atoms with van der Waals surface area (Å²) in [5.74, 6) is 0. The predicted molar refractivity (Wildman–Crippen MR) is 68.3 cm³/mol. The summed E-state index contributed by atoms with van der Waals surface area (Å²) in [6.07, 6.45) is 0. The van der Waals surface area contributed by atoms with Gasteiger partial charge in [0.15, 0.2) is 0 Å². The minimum atomic E-state index is -0.520. The van der Waals surface area contributed by atoms with E-state index in [1.807, 2.05) is 6.07 Å². The Kier molecular flexibility index (Phi) is 4.62. The van der Waals surface area contributed by atoms with Gasteiger partial charge in [-0.05, 0) is 25.1 Å². The van der Waals surface area contributed by atoms with Gasteiger partial charge in [0.1, 0.15) is 6.04 Å². The lowest BCUT2D eigenvalue weighted by Crippen LogP contribution is -2.37. The van der Waals surface area contributed by atoms with Gasteiger partial charge in [-0.3, -0.25) is 0 Å². The Morgan fingerprint density at radius 3 is 2.76 bits per heavy atom. The molecule has 0 bridgehead atoms. The highest BCUT2D eigenvalue weighted by Gasteiger charge is 2.16. The van der Waals surface area contributed by atoms with Crippen molar-refractivity contribution in [2.75, 3.05) is 12.4 Å². The molecule has 0 saturated carbocycles. The highest BCUT2D eigenvalue weighted by molar-refractivity contribution is 6.35. The fraction of sp³-hybridized carbons (Fsp3) is 0.273. The number of carbonyl (C=O) groups is 1. The molecule has 1 atom stereocenters. The third-order valence-electron chi connectivity index (χ3n) is 2.26. The van der Waals surface area contributed by atoms with E-state index >= 15 is 0 Å². The molecule has 0 radical (unpaired) electrons. The number of nitriles is 1. The molecule has 1 aromatic rings. The van der Waals surface area contributed by atoms with Crippen LogP contribution in [0.5, 0.6) is 0 Å². The van der Waals surface area contributed by atoms with Crippen LogP contribution in [-0.2, 0) is 0 Å². The largest absolute Gasteiger partial charge is 0.322 e. The number of halogens is 2. The molecule has 1 aromatic carbocycles. The van der Waals surface area contributed by atoms with Crippen molar-refractivity contribution in [2.24, 2.45) is 0 Å². The molecule has 0 saturated heterocycles. The van der Waals surface area contributed by atoms with Gasteiger partial charge in [-0.25, -0.2) is 4.79 Å². The summed E-state index contributed by atoms with van der Waals surface area (Å²) in [4.78, 5) is 13.0. The summed E-state index contributed by atoms with van der Waals surface area (Å²) in [6.45, 7) is 1.62. The molecule has 6 heteroatoms. The fourth-order valence-corrected chi connectivity index (χ4v) is 1.40. The molecule has 0 fully saturated rings. The van der Waals surface area contributed by atoms with Crippen LogP contribution in [-0.4, -0.2) is 24.0 Å². The van der Waals surface area contributed by atoms with Crippen molar-refractivity contribution >= 4 is 34.9 Å². The number of carbonyl (C=O) groups excluding carboxylic acids is 1. The Bertz CT molecular complexity index is 470. The molecule has 1 unspecified atom stereocenters. The zero-order valence-corrected chi connectivity index (χ0v) is 10.9. The van der Waals surface area contributed by atoms with Gasteiger partial charge >= 0.3 is 6.03 Å². The average Bonchev–Trinajstić information content (AvgIpc) is 2.31. The second kappa shape index (κ2) is 5.76. The van der Waals surface area contributed by atoms with Gasteiger partial charge in [0, 0.05) is 12.1 Å². The van der Waals surface area contributed by atoms with Crippen LogP contribution in [0.15, 0.2) is 18.2 Å². The lowest BCUT2D eigenvalue weighted by molar-refractivity contribution is 0.217. The molecule has 4 nitrogen and oxygen atoms in total. The van der Waals surface area contributed by atoms with E-state index in [2.05, 4.69) is 5.32 Å². The van der Waals surface area contributed by atoms with Gasteiger partial charge in [0.25, 0.3) is 0 Å². The monoisotopic (exact) mass is 271 g/mol. The van der Waals surface area contributed by atoms with E-state index in [1.165, 1.54) is 11.9 Å². The SMILES string of the molecule is CC(C#N)N(C)C(=O)Nc1cc(Cl)ccc1Cl. The summed E-state index contributed by atoms with van der Waals surface area (Å²) in [7, 11) is 1.53. The molecule has 1 N–H and O–H groups in total. The van der Waals surface area contributed by atoms with Crippen LogP contribution in [0, 0.1) is 11.3 Å². The van der Waals surface area contributed by atoms with Gasteiger partial charge in [0.05, 0.1) is 16.8 Å². The Balaban J connectivity index is 2.82. The molecular formula is C11H11Cl2N3O. The van der Waals surface area contributed by atoms with E-state index in [-0.39, 0.29) is 0 Å². The first-order valence-electron chi connectivity index (χ1n) is 4.84. The van der Waals surface area contributed by atoms with Crippen LogP contribution in [0.3, 0.4) is 0 Å². The second-order valence-electron chi connectivity index (χ2n) is 3.47. The fourth-order valence-electron chi connectivity index (χ4n) is 1.06. The summed E-state index contributed by atoms with van der Waals surface area (Å²) in [6, 6.07) is 5.79. The standard InChI is InChI=1S/C11H11Cl2N3O/c1-7(6-14)16(2)11(17)15-10-5-8(12)3-4-9(10)13/h3-5,7H,1-2H3,(H,15,17). The van der Waals surface area contributed by atoms with Crippen LogP contribution in [0.25, 0.3) is 0 Å². The van der Waals surface area contributed by atoms with E-state index in [4.69, 9.17) is 28.5 Å². The molecule has 0 aliphatic heterocycles. The first-order valence-corrected chi connectivity index (χ1v) is 5.59. The topological polar surface area (TPSA) is 56.1 Å². The van der Waals surface area contributed by atoms with E-state index in [0.29, 0.717) is 15.7 Å². The maximum Gasteiger partial charge on any atom is 0.322 e. The summed E-state index contributed by atoms with van der Waals surface area (Å²) in [5, 5.41) is 12.1. The number of rotatable bonds is 2. The normalized spacial score (nSPS) is 11.5. The average molecular weight is 272 g/mol. The first-order chi connectivity index (χ1) is 7.95. The molecule has 1 rings (SSSR count). The van der Waals surface area contributed by atoms with E-state index in [9.17, 15) is 4.79 Å². The number of nitrogens with one attached hydrogen (secondary N) is 1. The number of nitrogens with zero attached hydrogens (tertiary/aromatic N) is 2. The molecule has 17 heavy (non-hydrogen) atoms. The number of hydrogen-bond donors (Lipinski definition) is 1. The summed E-state index contributed by atoms with van der Waals surface area (Å²) in [5.41, 5.74) is 0.418. The molecule has 90 valence electrons. The minimum Gasteiger partial charge on any atom is -0.312 e. The van der Waals surface area contributed by atoms with Gasteiger partial charge in [-0.15, -0.1) is 0 Å². The zero-order valence-electron chi connectivity index (χ0n) is 9.37. The predicted octanol–water partition coefficient (Wildman–Crippen LogP) is 3.37. The molecule has 2 amide bonds. The van der Waals surface area contributed by atoms with Crippen molar-refractivity contribution in [2.45, 2.75) is 13.0 Å². The zero-order chi connectivity index (χ0) is 13.0. The molecule has 0 aromatic heterocycles. The number of urea groups is 1. The van der Waals surface area contributed by atoms with Crippen molar-refractivity contribution in [3.63, 3.8) is 0 Å². The van der Waals surface area contributed by atoms with Gasteiger partial charge in [-0.1, -0.05) is 23.2 Å². The van der Waals surface area contributed by atoms with Crippen molar-refractivity contribution in [3.05, 3.63) is 28.2 Å². The van der Waals surface area contributed by atoms with Crippen LogP contribution < -0.4 is 5.32 Å². The van der Waals surface area contributed by atoms with Gasteiger partial charge in [-0.2, -0.15) is 5.26 Å². The van der Waals surface area contributed by atoms with Crippen LogP contribution in [0.1, 0.15) is 6.92 Å². The maximum absolute atomic E-state index is 11.7. The smallest absolute Gasteiger partial charge is 0.312 e. The number of benzene rings is 1. The Labute approximate surface area is 110 Å². The van der Waals surface area contributed by atoms with E-state index < -0.39 is 12.1 Å². The Morgan fingerprint density at radius 2 is 2.18 bits per heavy atom. The Hall–Kier alpha value is -1.44. The molecule has 0 aliphatic rings. The van der Waals surface area contributed by atoms with E-state index in [1.54, 1.807) is 25.1 Å². The van der Waals surface area contributed by atoms with Crippen molar-refractivity contribution < 1.29 is 4.79 Å². The maximum atomic E-state index is 11.7. The van der Waals surface area contributed by atoms with Crippen LogP contribution in [0.2, 0.25) is 10.0 Å². The third-order valence-corrected chi connectivity index (χ3v) is 2.82. The molecule has 0 spiro atoms. The molecular weight excluding hydrogens is 261 g/mol. The number of amides is 2. The van der Waals surface area contributed by atoms with Crippen molar-refractivity contribution in [3.8, 4) is 6.07 Å². The number of anilines is 1. The minimum absolute atomic E-state index is 0.390. The second-order valence-corrected chi connectivity index (χ2v) is 4.31. The highest BCUT2D eigenvalue weighted by atomic mass is 35.5. The van der Waals surface area contributed by atoms with E-state index in [0.717, 1.165) is 0 Å². The molecule has 0 aliphatic carbocycles. The van der Waals surface area contributed by atoms with Crippen LogP contribution >= 0.6 is 23.2 Å². The third kappa shape index (κ3) is 3.52. The first kappa shape index (κ1) is 13.6. The van der Waals surface area contributed by atoms with Crippen LogP contribution in [0.4, 0.5) is 10.5 Å². The highest BCUT2D eigenvalue weighted by Crippen LogP contribution is 2.25. The summed E-state index contributed by atoms with van der Waals surface area (Å²) < 4.78 is 0. The summed E-state index contributed by atoms with van der Waals surface area (Å²) >= 11 is 11.7. The van der Waals surface area contributed by atoms with Gasteiger partial charge < -0.3 is 10.2 Å².